The molecular formula is C23H19ClN2O. The summed E-state index contributed by atoms with van der Waals surface area (Å²) in [5.41, 5.74) is 1.00. The number of hydrogen-bond donors (Lipinski definition) is 1. The van der Waals surface area contributed by atoms with Gasteiger partial charge in [0.05, 0.1) is 0 Å². The Balaban J connectivity index is 1.89. The molecule has 0 bridgehead atoms. The van der Waals surface area contributed by atoms with E-state index in [4.69, 9.17) is 11.6 Å². The first-order chi connectivity index (χ1) is 13.2. The summed E-state index contributed by atoms with van der Waals surface area (Å²) in [4.78, 5) is 4.53. The van der Waals surface area contributed by atoms with E-state index in [2.05, 4.69) is 17.1 Å². The predicted molar refractivity (Wildman–Crippen MR) is 108 cm³/mol. The SMILES string of the molecule is OC(c1ccccc1)(c1ccccc1Cl)c1nccn1Cc1ccccc1. The molecule has 0 aliphatic rings. The van der Waals surface area contributed by atoms with Gasteiger partial charge in [0.25, 0.3) is 0 Å². The quantitative estimate of drug-likeness (QED) is 0.541. The molecule has 0 amide bonds. The van der Waals surface area contributed by atoms with Gasteiger partial charge in [0, 0.05) is 29.5 Å². The zero-order valence-electron chi connectivity index (χ0n) is 14.7. The Hall–Kier alpha value is -2.88. The highest BCUT2D eigenvalue weighted by Crippen LogP contribution is 2.39. The van der Waals surface area contributed by atoms with Crippen LogP contribution in [0.25, 0.3) is 0 Å². The highest BCUT2D eigenvalue weighted by molar-refractivity contribution is 6.31. The molecule has 1 N–H and O–H groups in total. The summed E-state index contributed by atoms with van der Waals surface area (Å²) in [5.74, 6) is 0.533. The highest BCUT2D eigenvalue weighted by Gasteiger charge is 2.39. The van der Waals surface area contributed by atoms with Gasteiger partial charge in [-0.15, -0.1) is 0 Å². The molecule has 1 heterocycles. The van der Waals surface area contributed by atoms with Crippen LogP contribution in [0.15, 0.2) is 97.3 Å². The maximum Gasteiger partial charge on any atom is 0.174 e. The molecule has 0 fully saturated rings. The van der Waals surface area contributed by atoms with Crippen LogP contribution in [0.4, 0.5) is 0 Å². The molecule has 3 aromatic carbocycles. The van der Waals surface area contributed by atoms with Crippen molar-refractivity contribution in [1.29, 1.82) is 0 Å². The monoisotopic (exact) mass is 374 g/mol. The molecule has 1 unspecified atom stereocenters. The molecule has 4 rings (SSSR count). The summed E-state index contributed by atoms with van der Waals surface area (Å²) in [7, 11) is 0. The highest BCUT2D eigenvalue weighted by atomic mass is 35.5. The normalized spacial score (nSPS) is 13.3. The molecule has 0 aliphatic carbocycles. The lowest BCUT2D eigenvalue weighted by Crippen LogP contribution is -2.33. The van der Waals surface area contributed by atoms with Gasteiger partial charge < -0.3 is 9.67 Å². The second kappa shape index (κ2) is 7.39. The number of hydrogen-bond acceptors (Lipinski definition) is 2. The average Bonchev–Trinajstić information content (AvgIpc) is 3.18. The van der Waals surface area contributed by atoms with Crippen molar-refractivity contribution in [2.75, 3.05) is 0 Å². The average molecular weight is 375 g/mol. The minimum absolute atomic E-state index is 0.498. The van der Waals surface area contributed by atoms with Crippen LogP contribution in [0.2, 0.25) is 5.02 Å². The van der Waals surface area contributed by atoms with E-state index in [-0.39, 0.29) is 0 Å². The summed E-state index contributed by atoms with van der Waals surface area (Å²) < 4.78 is 1.96. The summed E-state index contributed by atoms with van der Waals surface area (Å²) >= 11 is 6.49. The Labute approximate surface area is 163 Å². The van der Waals surface area contributed by atoms with Gasteiger partial charge in [-0.25, -0.2) is 4.98 Å². The lowest BCUT2D eigenvalue weighted by atomic mass is 9.85. The van der Waals surface area contributed by atoms with E-state index in [0.29, 0.717) is 23.0 Å². The first kappa shape index (κ1) is 17.5. The topological polar surface area (TPSA) is 38.1 Å². The van der Waals surface area contributed by atoms with E-state index in [1.807, 2.05) is 77.5 Å². The number of aromatic nitrogens is 2. The fourth-order valence-electron chi connectivity index (χ4n) is 3.38. The number of nitrogens with zero attached hydrogens (tertiary/aromatic N) is 2. The first-order valence-electron chi connectivity index (χ1n) is 8.78. The number of benzene rings is 3. The molecule has 4 aromatic rings. The van der Waals surface area contributed by atoms with E-state index in [0.717, 1.165) is 11.1 Å². The van der Waals surface area contributed by atoms with Crippen LogP contribution in [-0.4, -0.2) is 14.7 Å². The van der Waals surface area contributed by atoms with E-state index in [9.17, 15) is 5.11 Å². The van der Waals surface area contributed by atoms with Crippen molar-refractivity contribution in [2.24, 2.45) is 0 Å². The molecule has 0 saturated carbocycles. The molecule has 0 saturated heterocycles. The minimum atomic E-state index is -1.46. The molecule has 1 atom stereocenters. The van der Waals surface area contributed by atoms with Gasteiger partial charge in [-0.05, 0) is 17.2 Å². The number of aliphatic hydroxyl groups is 1. The van der Waals surface area contributed by atoms with E-state index in [1.54, 1.807) is 12.3 Å². The minimum Gasteiger partial charge on any atom is -0.373 e. The van der Waals surface area contributed by atoms with Crippen molar-refractivity contribution in [1.82, 2.24) is 9.55 Å². The molecule has 0 aliphatic heterocycles. The van der Waals surface area contributed by atoms with Crippen LogP contribution in [0, 0.1) is 0 Å². The summed E-state index contributed by atoms with van der Waals surface area (Å²) in [5, 5.41) is 12.5. The predicted octanol–water partition coefficient (Wildman–Crippen LogP) is 4.87. The van der Waals surface area contributed by atoms with Gasteiger partial charge in [-0.3, -0.25) is 0 Å². The maximum absolute atomic E-state index is 12.0. The van der Waals surface area contributed by atoms with Crippen molar-refractivity contribution in [3.8, 4) is 0 Å². The second-order valence-corrected chi connectivity index (χ2v) is 6.83. The summed E-state index contributed by atoms with van der Waals surface area (Å²) in [6, 6.07) is 27.0. The van der Waals surface area contributed by atoms with E-state index >= 15 is 0 Å². The fourth-order valence-corrected chi connectivity index (χ4v) is 3.65. The van der Waals surface area contributed by atoms with Crippen molar-refractivity contribution < 1.29 is 5.11 Å². The Bertz CT molecular complexity index is 1030. The molecule has 27 heavy (non-hydrogen) atoms. The van der Waals surface area contributed by atoms with Crippen molar-refractivity contribution in [3.63, 3.8) is 0 Å². The number of imidazole rings is 1. The smallest absolute Gasteiger partial charge is 0.174 e. The van der Waals surface area contributed by atoms with Crippen LogP contribution in [0.5, 0.6) is 0 Å². The van der Waals surface area contributed by atoms with Crippen LogP contribution < -0.4 is 0 Å². The molecule has 3 nitrogen and oxygen atoms in total. The van der Waals surface area contributed by atoms with Gasteiger partial charge in [0.15, 0.2) is 11.4 Å². The summed E-state index contributed by atoms with van der Waals surface area (Å²) in [6.45, 7) is 0.607. The number of halogens is 1. The van der Waals surface area contributed by atoms with Gasteiger partial charge in [0.1, 0.15) is 0 Å². The second-order valence-electron chi connectivity index (χ2n) is 6.42. The van der Waals surface area contributed by atoms with Crippen molar-refractivity contribution in [2.45, 2.75) is 12.1 Å². The van der Waals surface area contributed by atoms with Gasteiger partial charge >= 0.3 is 0 Å². The Kier molecular flexibility index (Phi) is 4.80. The van der Waals surface area contributed by atoms with Gasteiger partial charge in [-0.1, -0.05) is 90.5 Å². The molecule has 1 aromatic heterocycles. The Morgan fingerprint density at radius 3 is 2.19 bits per heavy atom. The standard InChI is InChI=1S/C23H19ClN2O/c24-21-14-8-7-13-20(21)23(27,19-11-5-2-6-12-19)22-25-15-16-26(22)17-18-9-3-1-4-10-18/h1-16,27H,17H2. The molecule has 0 spiro atoms. The Morgan fingerprint density at radius 1 is 0.852 bits per heavy atom. The lowest BCUT2D eigenvalue weighted by Gasteiger charge is -2.30. The lowest BCUT2D eigenvalue weighted by molar-refractivity contribution is 0.112. The number of rotatable bonds is 5. The van der Waals surface area contributed by atoms with Gasteiger partial charge in [0.2, 0.25) is 0 Å². The van der Waals surface area contributed by atoms with E-state index < -0.39 is 5.60 Å². The van der Waals surface area contributed by atoms with Crippen molar-refractivity contribution in [3.05, 3.63) is 125 Å². The fraction of sp³-hybridized carbons (Fsp3) is 0.0870. The third-order valence-corrected chi connectivity index (χ3v) is 5.02. The van der Waals surface area contributed by atoms with Crippen LogP contribution in [0.1, 0.15) is 22.5 Å². The third kappa shape index (κ3) is 3.27. The zero-order valence-corrected chi connectivity index (χ0v) is 15.4. The zero-order chi connectivity index (χ0) is 18.7. The molecule has 134 valence electrons. The first-order valence-corrected chi connectivity index (χ1v) is 9.16. The van der Waals surface area contributed by atoms with Crippen molar-refractivity contribution >= 4 is 11.6 Å². The molecule has 0 radical (unpaired) electrons. The Morgan fingerprint density at radius 2 is 1.48 bits per heavy atom. The molecule has 4 heteroatoms. The summed E-state index contributed by atoms with van der Waals surface area (Å²) in [6.07, 6.45) is 3.59. The van der Waals surface area contributed by atoms with Gasteiger partial charge in [-0.2, -0.15) is 0 Å². The maximum atomic E-state index is 12.0. The van der Waals surface area contributed by atoms with Crippen LogP contribution in [0.3, 0.4) is 0 Å². The van der Waals surface area contributed by atoms with Crippen LogP contribution >= 0.6 is 11.6 Å². The molecular weight excluding hydrogens is 356 g/mol. The van der Waals surface area contributed by atoms with Crippen LogP contribution in [-0.2, 0) is 12.1 Å². The largest absolute Gasteiger partial charge is 0.373 e. The third-order valence-electron chi connectivity index (χ3n) is 4.69. The van der Waals surface area contributed by atoms with E-state index in [1.165, 1.54) is 0 Å².